The van der Waals surface area contributed by atoms with Gasteiger partial charge >= 0.3 is 6.18 Å². The number of halogens is 5. The predicted octanol–water partition coefficient (Wildman–Crippen LogP) is 5.30. The molecule has 0 saturated heterocycles. The van der Waals surface area contributed by atoms with Gasteiger partial charge in [-0.15, -0.1) is 11.6 Å². The second-order valence-electron chi connectivity index (χ2n) is 3.19. The Morgan fingerprint density at radius 3 is 2.18 bits per heavy atom. The van der Waals surface area contributed by atoms with E-state index < -0.39 is 16.3 Å². The third-order valence-electron chi connectivity index (χ3n) is 1.85. The zero-order valence-electron chi connectivity index (χ0n) is 8.51. The van der Waals surface area contributed by atoms with Gasteiger partial charge < -0.3 is 0 Å². The molecule has 0 amide bonds. The van der Waals surface area contributed by atoms with Crippen molar-refractivity contribution in [3.05, 3.63) is 35.9 Å². The second-order valence-corrected chi connectivity index (χ2v) is 6.92. The molecule has 0 bridgehead atoms. The van der Waals surface area contributed by atoms with E-state index in [1.807, 2.05) is 30.3 Å². The largest absolute Gasteiger partial charge is 0.418 e. The van der Waals surface area contributed by atoms with E-state index in [2.05, 4.69) is 0 Å². The fourth-order valence-electron chi connectivity index (χ4n) is 0.910. The van der Waals surface area contributed by atoms with Crippen molar-refractivity contribution in [2.24, 2.45) is 0 Å². The van der Waals surface area contributed by atoms with Crippen LogP contribution in [-0.2, 0) is 5.75 Å². The van der Waals surface area contributed by atoms with Gasteiger partial charge in [0, 0.05) is 5.75 Å². The molecular weight excluding hydrogens is 312 g/mol. The Hall–Kier alpha value is 0.290. The van der Waals surface area contributed by atoms with Crippen LogP contribution in [0.4, 0.5) is 13.2 Å². The number of benzene rings is 1. The summed E-state index contributed by atoms with van der Waals surface area (Å²) in [6, 6.07) is 9.21. The molecule has 0 aromatic heterocycles. The van der Waals surface area contributed by atoms with E-state index in [4.69, 9.17) is 23.2 Å². The first-order valence-corrected chi connectivity index (χ1v) is 7.78. The van der Waals surface area contributed by atoms with Crippen LogP contribution < -0.4 is 0 Å². The molecule has 0 heterocycles. The predicted molar refractivity (Wildman–Crippen MR) is 70.7 cm³/mol. The third-order valence-corrected chi connectivity index (χ3v) is 6.17. The Morgan fingerprint density at radius 1 is 1.12 bits per heavy atom. The average Bonchev–Trinajstić information content (AvgIpc) is 2.28. The molecule has 0 aliphatic heterocycles. The van der Waals surface area contributed by atoms with Crippen LogP contribution in [0.1, 0.15) is 5.56 Å². The summed E-state index contributed by atoms with van der Waals surface area (Å²) in [5.74, 6) is -0.225. The Labute approximate surface area is 116 Å². The molecule has 1 unspecified atom stereocenters. The lowest BCUT2D eigenvalue weighted by molar-refractivity contribution is -0.134. The van der Waals surface area contributed by atoms with Crippen LogP contribution in [0.15, 0.2) is 30.3 Å². The highest BCUT2D eigenvalue weighted by molar-refractivity contribution is 8.77. The molecule has 0 aliphatic carbocycles. The summed E-state index contributed by atoms with van der Waals surface area (Å²) in [4.78, 5) is 0. The van der Waals surface area contributed by atoms with Crippen LogP contribution >= 0.6 is 44.8 Å². The first-order chi connectivity index (χ1) is 7.89. The molecule has 0 saturated carbocycles. The van der Waals surface area contributed by atoms with Gasteiger partial charge in [0.15, 0.2) is 0 Å². The number of hydrogen-bond donors (Lipinski definition) is 0. The standard InChI is InChI=1S/C10H9Cl2F3S2/c11-7-9(12,10(13,14)15)17-16-6-8-4-2-1-3-5-8/h1-5H,6-7H2. The zero-order valence-corrected chi connectivity index (χ0v) is 11.7. The van der Waals surface area contributed by atoms with E-state index >= 15 is 0 Å². The smallest absolute Gasteiger partial charge is 0.168 e. The minimum atomic E-state index is -4.52. The first kappa shape index (κ1) is 15.3. The van der Waals surface area contributed by atoms with Crippen molar-refractivity contribution in [3.8, 4) is 0 Å². The molecule has 96 valence electrons. The second kappa shape index (κ2) is 6.45. The lowest BCUT2D eigenvalue weighted by Gasteiger charge is -2.25. The Bertz CT molecular complexity index is 345. The Kier molecular flexibility index (Phi) is 5.83. The normalized spacial score (nSPS) is 15.6. The molecular formula is C10H9Cl2F3S2. The van der Waals surface area contributed by atoms with Crippen LogP contribution in [-0.4, -0.2) is 16.3 Å². The molecule has 0 nitrogen and oxygen atoms in total. The summed E-state index contributed by atoms with van der Waals surface area (Å²) in [6.45, 7) is 0. The van der Waals surface area contributed by atoms with Crippen LogP contribution in [0, 0.1) is 0 Å². The number of hydrogen-bond acceptors (Lipinski definition) is 2. The van der Waals surface area contributed by atoms with Crippen LogP contribution in [0.2, 0.25) is 0 Å². The van der Waals surface area contributed by atoms with Crippen molar-refractivity contribution >= 4 is 44.8 Å². The minimum Gasteiger partial charge on any atom is -0.168 e. The fraction of sp³-hybridized carbons (Fsp3) is 0.400. The summed E-state index contributed by atoms with van der Waals surface area (Å²) in [6.07, 6.45) is -4.52. The van der Waals surface area contributed by atoms with Gasteiger partial charge in [0.1, 0.15) is 0 Å². The highest BCUT2D eigenvalue weighted by Gasteiger charge is 2.54. The summed E-state index contributed by atoms with van der Waals surface area (Å²) in [5, 5.41) is 0. The molecule has 1 aromatic rings. The molecule has 1 rings (SSSR count). The zero-order chi connectivity index (χ0) is 12.9. The minimum absolute atomic E-state index is 0.451. The van der Waals surface area contributed by atoms with Crippen molar-refractivity contribution in [2.75, 3.05) is 5.88 Å². The summed E-state index contributed by atoms with van der Waals surface area (Å²) >= 11 is 10.7. The van der Waals surface area contributed by atoms with Gasteiger partial charge in [-0.3, -0.25) is 0 Å². The van der Waals surface area contributed by atoms with Gasteiger partial charge in [0.25, 0.3) is 0 Å². The molecule has 0 fully saturated rings. The maximum Gasteiger partial charge on any atom is 0.418 e. The van der Waals surface area contributed by atoms with Crippen LogP contribution in [0.3, 0.4) is 0 Å². The van der Waals surface area contributed by atoms with Crippen molar-refractivity contribution in [3.63, 3.8) is 0 Å². The van der Waals surface area contributed by atoms with Crippen LogP contribution in [0.5, 0.6) is 0 Å². The van der Waals surface area contributed by atoms with Gasteiger partial charge in [-0.1, -0.05) is 63.5 Å². The number of alkyl halides is 5. The maximum absolute atomic E-state index is 12.6. The molecule has 1 aromatic carbocycles. The lowest BCUT2D eigenvalue weighted by Crippen LogP contribution is -2.37. The summed E-state index contributed by atoms with van der Waals surface area (Å²) < 4.78 is 35.3. The van der Waals surface area contributed by atoms with Gasteiger partial charge in [-0.05, 0) is 5.56 Å². The van der Waals surface area contributed by atoms with Gasteiger partial charge in [0.05, 0.1) is 5.88 Å². The van der Waals surface area contributed by atoms with E-state index in [0.717, 1.165) is 16.4 Å². The van der Waals surface area contributed by atoms with E-state index in [0.29, 0.717) is 16.5 Å². The molecule has 17 heavy (non-hydrogen) atoms. The lowest BCUT2D eigenvalue weighted by atomic mass is 10.2. The quantitative estimate of drug-likeness (QED) is 0.533. The summed E-state index contributed by atoms with van der Waals surface area (Å²) in [5.41, 5.74) is 0.945. The first-order valence-electron chi connectivity index (χ1n) is 4.55. The SMILES string of the molecule is FC(F)(F)C(Cl)(CCl)SSCc1ccccc1. The van der Waals surface area contributed by atoms with Gasteiger partial charge in [0.2, 0.25) is 4.21 Å². The van der Waals surface area contributed by atoms with Crippen molar-refractivity contribution < 1.29 is 13.2 Å². The Morgan fingerprint density at radius 2 is 1.71 bits per heavy atom. The molecule has 0 spiro atoms. The number of rotatable bonds is 5. The molecule has 0 radical (unpaired) electrons. The van der Waals surface area contributed by atoms with Gasteiger partial charge in [-0.25, -0.2) is 0 Å². The fourth-order valence-corrected chi connectivity index (χ4v) is 4.14. The van der Waals surface area contributed by atoms with E-state index in [1.54, 1.807) is 0 Å². The molecule has 0 aliphatic rings. The van der Waals surface area contributed by atoms with E-state index in [-0.39, 0.29) is 0 Å². The van der Waals surface area contributed by atoms with Crippen molar-refractivity contribution in [2.45, 2.75) is 16.1 Å². The average molecular weight is 321 g/mol. The summed E-state index contributed by atoms with van der Waals surface area (Å²) in [7, 11) is 1.60. The van der Waals surface area contributed by atoms with E-state index in [1.165, 1.54) is 0 Å². The molecule has 1 atom stereocenters. The topological polar surface area (TPSA) is 0 Å². The molecule has 0 N–H and O–H groups in total. The maximum atomic E-state index is 12.6. The third kappa shape index (κ3) is 4.47. The van der Waals surface area contributed by atoms with Gasteiger partial charge in [-0.2, -0.15) is 13.2 Å². The Balaban J connectivity index is 2.50. The van der Waals surface area contributed by atoms with Crippen LogP contribution in [0.25, 0.3) is 0 Å². The van der Waals surface area contributed by atoms with Crippen molar-refractivity contribution in [1.29, 1.82) is 0 Å². The highest BCUT2D eigenvalue weighted by atomic mass is 35.5. The monoisotopic (exact) mass is 320 g/mol. The van der Waals surface area contributed by atoms with Crippen molar-refractivity contribution in [1.82, 2.24) is 0 Å². The molecule has 7 heteroatoms. The van der Waals surface area contributed by atoms with E-state index in [9.17, 15) is 13.2 Å². The highest BCUT2D eigenvalue weighted by Crippen LogP contribution is 2.51.